The Balaban J connectivity index is 1.34. The minimum atomic E-state index is -0.478. The maximum Gasteiger partial charge on any atom is 0.258 e. The molecular weight excluding hydrogens is 470 g/mol. The number of carbonyl (C=O) groups excluding carboxylic acids is 1. The lowest BCUT2D eigenvalue weighted by Crippen LogP contribution is -2.35. The molecule has 0 bridgehead atoms. The largest absolute Gasteiger partial charge is 0.487 e. The standard InChI is InChI=1S/C25H26BrN3O3/c1-28-14-18(12-27-28)17-8-6-16(7-9-17)13-29-15-19-20(26)10-11-23(24(19)25(29)31)32-22-5-3-2-4-21(22)30/h6-12,14,21-22,30H,2-5,13,15H2,1H3. The molecule has 32 heavy (non-hydrogen) atoms. The molecule has 0 radical (unpaired) electrons. The Kier molecular flexibility index (Phi) is 5.78. The van der Waals surface area contributed by atoms with Crippen molar-refractivity contribution in [3.63, 3.8) is 0 Å². The van der Waals surface area contributed by atoms with E-state index in [1.807, 2.05) is 36.5 Å². The summed E-state index contributed by atoms with van der Waals surface area (Å²) in [5.74, 6) is 0.548. The normalized spacial score (nSPS) is 20.5. The summed E-state index contributed by atoms with van der Waals surface area (Å²) in [4.78, 5) is 15.2. The average Bonchev–Trinajstić information content (AvgIpc) is 3.37. The highest BCUT2D eigenvalue weighted by Crippen LogP contribution is 2.38. The molecule has 7 heteroatoms. The van der Waals surface area contributed by atoms with E-state index in [0.717, 1.165) is 52.4 Å². The Hall–Kier alpha value is -2.64. The van der Waals surface area contributed by atoms with E-state index in [1.54, 1.807) is 4.68 Å². The van der Waals surface area contributed by atoms with Gasteiger partial charge < -0.3 is 14.7 Å². The van der Waals surface area contributed by atoms with Gasteiger partial charge in [-0.2, -0.15) is 5.10 Å². The second-order valence-electron chi connectivity index (χ2n) is 8.67. The number of benzene rings is 2. The highest BCUT2D eigenvalue weighted by atomic mass is 79.9. The van der Waals surface area contributed by atoms with Gasteiger partial charge in [-0.1, -0.05) is 46.6 Å². The van der Waals surface area contributed by atoms with Gasteiger partial charge in [-0.3, -0.25) is 9.48 Å². The van der Waals surface area contributed by atoms with E-state index in [9.17, 15) is 9.90 Å². The molecule has 0 saturated heterocycles. The van der Waals surface area contributed by atoms with Crippen LogP contribution in [0.3, 0.4) is 0 Å². The van der Waals surface area contributed by atoms with Crippen molar-refractivity contribution in [2.24, 2.45) is 7.05 Å². The van der Waals surface area contributed by atoms with Crippen LogP contribution in [0.1, 0.15) is 47.2 Å². The smallest absolute Gasteiger partial charge is 0.258 e. The molecule has 2 heterocycles. The molecule has 166 valence electrons. The molecule has 2 unspecified atom stereocenters. The molecule has 1 aromatic heterocycles. The number of fused-ring (bicyclic) bond motifs is 1. The summed E-state index contributed by atoms with van der Waals surface area (Å²) in [6.07, 6.45) is 6.72. The Morgan fingerprint density at radius 3 is 2.62 bits per heavy atom. The number of aryl methyl sites for hydroxylation is 1. The molecule has 1 N–H and O–H groups in total. The number of amides is 1. The maximum atomic E-state index is 13.3. The van der Waals surface area contributed by atoms with E-state index in [1.165, 1.54) is 0 Å². The lowest BCUT2D eigenvalue weighted by atomic mass is 9.94. The summed E-state index contributed by atoms with van der Waals surface area (Å²) in [5, 5.41) is 14.5. The maximum absolute atomic E-state index is 13.3. The summed E-state index contributed by atoms with van der Waals surface area (Å²) in [6, 6.07) is 12.0. The highest BCUT2D eigenvalue weighted by Gasteiger charge is 2.34. The van der Waals surface area contributed by atoms with Gasteiger partial charge in [-0.25, -0.2) is 0 Å². The number of aliphatic hydroxyl groups excluding tert-OH is 1. The van der Waals surface area contributed by atoms with Gasteiger partial charge in [0.15, 0.2) is 0 Å². The van der Waals surface area contributed by atoms with Crippen LogP contribution in [0.5, 0.6) is 5.75 Å². The van der Waals surface area contributed by atoms with Crippen molar-refractivity contribution in [3.8, 4) is 16.9 Å². The third-order valence-electron chi connectivity index (χ3n) is 6.38. The van der Waals surface area contributed by atoms with Crippen LogP contribution in [0.4, 0.5) is 0 Å². The zero-order valence-corrected chi connectivity index (χ0v) is 19.6. The molecule has 3 aromatic rings. The van der Waals surface area contributed by atoms with Crippen LogP contribution >= 0.6 is 15.9 Å². The minimum absolute atomic E-state index is 0.0297. The van der Waals surface area contributed by atoms with Gasteiger partial charge in [0.2, 0.25) is 0 Å². The third kappa shape index (κ3) is 4.07. The van der Waals surface area contributed by atoms with Crippen LogP contribution < -0.4 is 4.74 Å². The van der Waals surface area contributed by atoms with Crippen molar-refractivity contribution in [2.75, 3.05) is 0 Å². The quantitative estimate of drug-likeness (QED) is 0.557. The fraction of sp³-hybridized carbons (Fsp3) is 0.360. The van der Waals surface area contributed by atoms with E-state index in [0.29, 0.717) is 24.4 Å². The molecule has 1 aliphatic heterocycles. The molecule has 2 aromatic carbocycles. The number of aromatic nitrogens is 2. The van der Waals surface area contributed by atoms with Gasteiger partial charge in [0.1, 0.15) is 11.9 Å². The van der Waals surface area contributed by atoms with Crippen LogP contribution in [0.15, 0.2) is 53.3 Å². The van der Waals surface area contributed by atoms with Crippen molar-refractivity contribution < 1.29 is 14.6 Å². The number of halogens is 1. The predicted molar refractivity (Wildman–Crippen MR) is 125 cm³/mol. The second-order valence-corrected chi connectivity index (χ2v) is 9.52. The number of aliphatic hydroxyl groups is 1. The number of hydrogen-bond donors (Lipinski definition) is 1. The lowest BCUT2D eigenvalue weighted by molar-refractivity contribution is 0.00636. The lowest BCUT2D eigenvalue weighted by Gasteiger charge is -2.28. The van der Waals surface area contributed by atoms with Crippen molar-refractivity contribution in [2.45, 2.75) is 51.0 Å². The van der Waals surface area contributed by atoms with E-state index in [2.05, 4.69) is 45.3 Å². The van der Waals surface area contributed by atoms with Crippen LogP contribution in [0.2, 0.25) is 0 Å². The monoisotopic (exact) mass is 495 g/mol. The van der Waals surface area contributed by atoms with Crippen molar-refractivity contribution in [1.29, 1.82) is 0 Å². The van der Waals surface area contributed by atoms with Gasteiger partial charge >= 0.3 is 0 Å². The summed E-state index contributed by atoms with van der Waals surface area (Å²) in [7, 11) is 1.90. The minimum Gasteiger partial charge on any atom is -0.487 e. The molecule has 0 spiro atoms. The van der Waals surface area contributed by atoms with Gasteiger partial charge in [0, 0.05) is 41.9 Å². The topological polar surface area (TPSA) is 67.6 Å². The summed E-state index contributed by atoms with van der Waals surface area (Å²) in [6.45, 7) is 1.06. The van der Waals surface area contributed by atoms with Crippen LogP contribution in [-0.2, 0) is 20.1 Å². The predicted octanol–water partition coefficient (Wildman–Crippen LogP) is 4.69. The second kappa shape index (κ2) is 8.71. The molecule has 1 fully saturated rings. The Morgan fingerprint density at radius 1 is 1.12 bits per heavy atom. The molecule has 6 nitrogen and oxygen atoms in total. The zero-order chi connectivity index (χ0) is 22.2. The average molecular weight is 496 g/mol. The first-order valence-electron chi connectivity index (χ1n) is 11.0. The van der Waals surface area contributed by atoms with Crippen molar-refractivity contribution >= 4 is 21.8 Å². The summed E-state index contributed by atoms with van der Waals surface area (Å²) in [5.41, 5.74) is 4.80. The number of carbonyl (C=O) groups is 1. The number of hydrogen-bond acceptors (Lipinski definition) is 4. The first kappa shape index (κ1) is 21.2. The molecular formula is C25H26BrN3O3. The van der Waals surface area contributed by atoms with Gasteiger partial charge in [-0.05, 0) is 42.5 Å². The Labute approximate surface area is 195 Å². The molecule has 5 rings (SSSR count). The number of ether oxygens (including phenoxy) is 1. The van der Waals surface area contributed by atoms with Gasteiger partial charge in [-0.15, -0.1) is 0 Å². The van der Waals surface area contributed by atoms with E-state index in [-0.39, 0.29) is 12.0 Å². The third-order valence-corrected chi connectivity index (χ3v) is 7.12. The molecule has 1 saturated carbocycles. The Morgan fingerprint density at radius 2 is 1.91 bits per heavy atom. The SMILES string of the molecule is Cn1cc(-c2ccc(CN3Cc4c(Br)ccc(OC5CCCCC5O)c4C3=O)cc2)cn1. The Bertz CT molecular complexity index is 1140. The molecule has 1 amide bonds. The number of rotatable bonds is 5. The van der Waals surface area contributed by atoms with Crippen LogP contribution in [0, 0.1) is 0 Å². The van der Waals surface area contributed by atoms with Crippen LogP contribution in [0.25, 0.3) is 11.1 Å². The first-order valence-corrected chi connectivity index (χ1v) is 11.8. The summed E-state index contributed by atoms with van der Waals surface area (Å²) >= 11 is 3.60. The molecule has 1 aliphatic carbocycles. The molecule has 2 aliphatic rings. The van der Waals surface area contributed by atoms with Gasteiger partial charge in [0.05, 0.1) is 17.9 Å². The zero-order valence-electron chi connectivity index (χ0n) is 18.0. The summed E-state index contributed by atoms with van der Waals surface area (Å²) < 4.78 is 8.87. The first-order chi connectivity index (χ1) is 15.5. The van der Waals surface area contributed by atoms with E-state index in [4.69, 9.17) is 4.74 Å². The van der Waals surface area contributed by atoms with E-state index < -0.39 is 6.10 Å². The fourth-order valence-corrected chi connectivity index (χ4v) is 5.06. The van der Waals surface area contributed by atoms with Crippen molar-refractivity contribution in [1.82, 2.24) is 14.7 Å². The van der Waals surface area contributed by atoms with Crippen LogP contribution in [-0.4, -0.2) is 37.9 Å². The van der Waals surface area contributed by atoms with E-state index >= 15 is 0 Å². The molecule has 2 atom stereocenters. The fourth-order valence-electron chi connectivity index (χ4n) is 4.61. The number of nitrogens with zero attached hydrogens (tertiary/aromatic N) is 3. The van der Waals surface area contributed by atoms with Crippen molar-refractivity contribution in [3.05, 3.63) is 70.0 Å². The highest BCUT2D eigenvalue weighted by molar-refractivity contribution is 9.10. The van der Waals surface area contributed by atoms with Gasteiger partial charge in [0.25, 0.3) is 5.91 Å².